The summed E-state index contributed by atoms with van der Waals surface area (Å²) in [5, 5.41) is 5.08. The third-order valence-corrected chi connectivity index (χ3v) is 3.83. The van der Waals surface area contributed by atoms with Crippen molar-refractivity contribution in [1.29, 1.82) is 0 Å². The van der Waals surface area contributed by atoms with Crippen molar-refractivity contribution in [2.75, 3.05) is 11.9 Å². The predicted molar refractivity (Wildman–Crippen MR) is 90.6 cm³/mol. The molecule has 3 aromatic rings. The molecule has 0 bridgehead atoms. The van der Waals surface area contributed by atoms with E-state index in [9.17, 15) is 4.79 Å². The van der Waals surface area contributed by atoms with Crippen LogP contribution >= 0.6 is 11.6 Å². The quantitative estimate of drug-likeness (QED) is 0.741. The fourth-order valence-corrected chi connectivity index (χ4v) is 2.40. The van der Waals surface area contributed by atoms with Crippen molar-refractivity contribution in [2.24, 2.45) is 7.05 Å². The van der Waals surface area contributed by atoms with Gasteiger partial charge in [0.2, 0.25) is 0 Å². The van der Waals surface area contributed by atoms with E-state index in [-0.39, 0.29) is 5.91 Å². The highest BCUT2D eigenvalue weighted by Crippen LogP contribution is 2.22. The van der Waals surface area contributed by atoms with E-state index in [0.29, 0.717) is 10.7 Å². The molecular weight excluding hydrogens is 312 g/mol. The molecular formula is C17H15ClN4O. The first-order chi connectivity index (χ1) is 11.1. The molecule has 116 valence electrons. The Hall–Kier alpha value is -2.66. The van der Waals surface area contributed by atoms with Crippen molar-refractivity contribution in [2.45, 2.75) is 0 Å². The summed E-state index contributed by atoms with van der Waals surface area (Å²) in [6, 6.07) is 12.8. The number of amides is 1. The molecule has 1 amide bonds. The van der Waals surface area contributed by atoms with Crippen LogP contribution in [0.25, 0.3) is 11.3 Å². The average Bonchev–Trinajstić information content (AvgIpc) is 2.96. The summed E-state index contributed by atoms with van der Waals surface area (Å²) in [5.41, 5.74) is 2.87. The number of halogens is 1. The van der Waals surface area contributed by atoms with E-state index >= 15 is 0 Å². The standard InChI is InChI=1S/C17H15ClN4O/c1-21(14-4-3-9-19-11-14)17(23)16-10-15(20-22(16)2)12-5-7-13(18)8-6-12/h3-11H,1-2H3. The van der Waals surface area contributed by atoms with Crippen LogP contribution in [0.1, 0.15) is 10.5 Å². The monoisotopic (exact) mass is 326 g/mol. The highest BCUT2D eigenvalue weighted by molar-refractivity contribution is 6.30. The van der Waals surface area contributed by atoms with Gasteiger partial charge in [-0.3, -0.25) is 14.5 Å². The maximum Gasteiger partial charge on any atom is 0.276 e. The Morgan fingerprint density at radius 3 is 2.61 bits per heavy atom. The minimum atomic E-state index is -0.145. The molecule has 0 aliphatic heterocycles. The Morgan fingerprint density at radius 1 is 1.22 bits per heavy atom. The van der Waals surface area contributed by atoms with Gasteiger partial charge in [0.1, 0.15) is 5.69 Å². The smallest absolute Gasteiger partial charge is 0.276 e. The lowest BCUT2D eigenvalue weighted by Crippen LogP contribution is -2.28. The van der Waals surface area contributed by atoms with Crippen LogP contribution < -0.4 is 4.90 Å². The molecule has 1 aromatic carbocycles. The number of hydrogen-bond donors (Lipinski definition) is 0. The van der Waals surface area contributed by atoms with Gasteiger partial charge in [0.05, 0.1) is 17.6 Å². The first-order valence-electron chi connectivity index (χ1n) is 7.04. The van der Waals surface area contributed by atoms with E-state index < -0.39 is 0 Å². The zero-order valence-corrected chi connectivity index (χ0v) is 13.5. The number of nitrogens with zero attached hydrogens (tertiary/aromatic N) is 4. The van der Waals surface area contributed by atoms with Gasteiger partial charge in [0.15, 0.2) is 0 Å². The van der Waals surface area contributed by atoms with Crippen molar-refractivity contribution in [3.8, 4) is 11.3 Å². The first-order valence-corrected chi connectivity index (χ1v) is 7.42. The fourth-order valence-electron chi connectivity index (χ4n) is 2.27. The molecule has 0 fully saturated rings. The second-order valence-electron chi connectivity index (χ2n) is 5.12. The number of pyridine rings is 1. The van der Waals surface area contributed by atoms with E-state index in [4.69, 9.17) is 11.6 Å². The number of carbonyl (C=O) groups is 1. The van der Waals surface area contributed by atoms with Crippen LogP contribution in [0.3, 0.4) is 0 Å². The predicted octanol–water partition coefficient (Wildman–Crippen LogP) is 3.41. The maximum atomic E-state index is 12.7. The lowest BCUT2D eigenvalue weighted by Gasteiger charge is -2.16. The molecule has 0 saturated carbocycles. The van der Waals surface area contributed by atoms with Crippen LogP contribution in [0, 0.1) is 0 Å². The van der Waals surface area contributed by atoms with Crippen molar-refractivity contribution in [1.82, 2.24) is 14.8 Å². The van der Waals surface area contributed by atoms with Crippen LogP contribution in [0.4, 0.5) is 5.69 Å². The fraction of sp³-hybridized carbons (Fsp3) is 0.118. The zero-order valence-electron chi connectivity index (χ0n) is 12.8. The summed E-state index contributed by atoms with van der Waals surface area (Å²) in [6.45, 7) is 0. The average molecular weight is 327 g/mol. The van der Waals surface area contributed by atoms with E-state index in [1.54, 1.807) is 60.3 Å². The van der Waals surface area contributed by atoms with Gasteiger partial charge in [0, 0.05) is 30.9 Å². The van der Waals surface area contributed by atoms with Gasteiger partial charge in [-0.25, -0.2) is 0 Å². The van der Waals surface area contributed by atoms with Crippen molar-refractivity contribution in [3.63, 3.8) is 0 Å². The topological polar surface area (TPSA) is 51.0 Å². The number of anilines is 1. The first kappa shape index (κ1) is 15.2. The van der Waals surface area contributed by atoms with Gasteiger partial charge in [-0.05, 0) is 30.3 Å². The summed E-state index contributed by atoms with van der Waals surface area (Å²) >= 11 is 5.90. The second-order valence-corrected chi connectivity index (χ2v) is 5.56. The third-order valence-electron chi connectivity index (χ3n) is 3.58. The Morgan fingerprint density at radius 2 is 1.96 bits per heavy atom. The van der Waals surface area contributed by atoms with Gasteiger partial charge < -0.3 is 4.90 Å². The van der Waals surface area contributed by atoms with Crippen LogP contribution in [0.2, 0.25) is 5.02 Å². The summed E-state index contributed by atoms with van der Waals surface area (Å²) in [5.74, 6) is -0.145. The van der Waals surface area contributed by atoms with Crippen LogP contribution in [0.5, 0.6) is 0 Å². The van der Waals surface area contributed by atoms with Crippen LogP contribution in [-0.2, 0) is 7.05 Å². The summed E-state index contributed by atoms with van der Waals surface area (Å²) in [6.07, 6.45) is 3.32. The van der Waals surface area contributed by atoms with E-state index in [0.717, 1.165) is 16.9 Å². The summed E-state index contributed by atoms with van der Waals surface area (Å²) < 4.78 is 1.58. The lowest BCUT2D eigenvalue weighted by molar-refractivity contribution is 0.0984. The molecule has 2 heterocycles. The largest absolute Gasteiger partial charge is 0.309 e. The molecule has 3 rings (SSSR count). The molecule has 0 aliphatic carbocycles. The minimum absolute atomic E-state index is 0.145. The number of rotatable bonds is 3. The van der Waals surface area contributed by atoms with E-state index in [1.807, 2.05) is 18.2 Å². The number of aromatic nitrogens is 3. The molecule has 23 heavy (non-hydrogen) atoms. The zero-order chi connectivity index (χ0) is 16.4. The molecule has 6 heteroatoms. The second kappa shape index (κ2) is 6.22. The Kier molecular flexibility index (Phi) is 4.12. The summed E-state index contributed by atoms with van der Waals surface area (Å²) in [7, 11) is 3.47. The minimum Gasteiger partial charge on any atom is -0.309 e. The molecule has 0 saturated heterocycles. The number of hydrogen-bond acceptors (Lipinski definition) is 3. The molecule has 0 aliphatic rings. The molecule has 2 aromatic heterocycles. The van der Waals surface area contributed by atoms with E-state index in [2.05, 4.69) is 10.1 Å². The molecule has 0 atom stereocenters. The number of benzene rings is 1. The Bertz CT molecular complexity index is 828. The Labute approximate surface area is 139 Å². The molecule has 5 nitrogen and oxygen atoms in total. The molecule has 0 spiro atoms. The lowest BCUT2D eigenvalue weighted by atomic mass is 10.1. The van der Waals surface area contributed by atoms with Gasteiger partial charge in [0.25, 0.3) is 5.91 Å². The van der Waals surface area contributed by atoms with Crippen molar-refractivity contribution < 1.29 is 4.79 Å². The van der Waals surface area contributed by atoms with Crippen LogP contribution in [-0.4, -0.2) is 27.7 Å². The maximum absolute atomic E-state index is 12.7. The van der Waals surface area contributed by atoms with Crippen molar-refractivity contribution >= 4 is 23.2 Å². The molecule has 0 unspecified atom stereocenters. The highest BCUT2D eigenvalue weighted by atomic mass is 35.5. The molecule has 0 N–H and O–H groups in total. The van der Waals surface area contributed by atoms with Gasteiger partial charge in [-0.15, -0.1) is 0 Å². The van der Waals surface area contributed by atoms with Gasteiger partial charge >= 0.3 is 0 Å². The van der Waals surface area contributed by atoms with Gasteiger partial charge in [-0.1, -0.05) is 23.7 Å². The Balaban J connectivity index is 1.91. The normalized spacial score (nSPS) is 10.6. The summed E-state index contributed by atoms with van der Waals surface area (Å²) in [4.78, 5) is 18.3. The molecule has 0 radical (unpaired) electrons. The van der Waals surface area contributed by atoms with Crippen molar-refractivity contribution in [3.05, 3.63) is 65.6 Å². The van der Waals surface area contributed by atoms with E-state index in [1.165, 1.54) is 0 Å². The number of aryl methyl sites for hydroxylation is 1. The third kappa shape index (κ3) is 3.10. The SMILES string of the molecule is CN(C(=O)c1cc(-c2ccc(Cl)cc2)nn1C)c1cccnc1. The highest BCUT2D eigenvalue weighted by Gasteiger charge is 2.19. The van der Waals surface area contributed by atoms with Gasteiger partial charge in [-0.2, -0.15) is 5.10 Å². The van der Waals surface area contributed by atoms with Crippen LogP contribution in [0.15, 0.2) is 54.9 Å². The number of carbonyl (C=O) groups excluding carboxylic acids is 1.